The maximum Gasteiger partial charge on any atom is 0.243 e. The first kappa shape index (κ1) is 14.9. The number of aromatic nitrogens is 2. The molecule has 1 aromatic heterocycles. The fraction of sp³-hybridized carbons (Fsp3) is 0.182. The SMILES string of the molecule is O=S(=O)(NCCn1cc(Cl)cn1)c1ccc(F)cc1F. The van der Waals surface area contributed by atoms with E-state index in [1.54, 1.807) is 0 Å². The van der Waals surface area contributed by atoms with Crippen molar-refractivity contribution in [3.63, 3.8) is 0 Å². The molecule has 0 fully saturated rings. The molecule has 5 nitrogen and oxygen atoms in total. The van der Waals surface area contributed by atoms with Crippen LogP contribution < -0.4 is 4.72 Å². The minimum Gasteiger partial charge on any atom is -0.270 e. The second-order valence-corrected chi connectivity index (χ2v) is 6.07. The van der Waals surface area contributed by atoms with Gasteiger partial charge in [-0.1, -0.05) is 11.6 Å². The van der Waals surface area contributed by atoms with Crippen LogP contribution in [-0.4, -0.2) is 24.7 Å². The van der Waals surface area contributed by atoms with Crippen molar-refractivity contribution in [3.8, 4) is 0 Å². The van der Waals surface area contributed by atoms with Crippen molar-refractivity contribution >= 4 is 21.6 Å². The molecule has 0 atom stereocenters. The van der Waals surface area contributed by atoms with Crippen LogP contribution in [0.1, 0.15) is 0 Å². The molecule has 1 N–H and O–H groups in total. The molecule has 0 bridgehead atoms. The van der Waals surface area contributed by atoms with Crippen LogP contribution in [0.5, 0.6) is 0 Å². The number of hydrogen-bond donors (Lipinski definition) is 1. The van der Waals surface area contributed by atoms with Gasteiger partial charge in [0.25, 0.3) is 0 Å². The zero-order valence-electron chi connectivity index (χ0n) is 10.1. The van der Waals surface area contributed by atoms with Crippen LogP contribution in [-0.2, 0) is 16.6 Å². The van der Waals surface area contributed by atoms with Gasteiger partial charge in [0, 0.05) is 18.8 Å². The van der Waals surface area contributed by atoms with E-state index in [9.17, 15) is 17.2 Å². The predicted octanol–water partition coefficient (Wildman–Crippen LogP) is 1.79. The zero-order chi connectivity index (χ0) is 14.8. The lowest BCUT2D eigenvalue weighted by Gasteiger charge is -2.07. The van der Waals surface area contributed by atoms with E-state index in [-0.39, 0.29) is 13.1 Å². The predicted molar refractivity (Wildman–Crippen MR) is 68.8 cm³/mol. The highest BCUT2D eigenvalue weighted by atomic mass is 35.5. The van der Waals surface area contributed by atoms with Crippen molar-refractivity contribution in [3.05, 3.63) is 47.2 Å². The van der Waals surface area contributed by atoms with E-state index < -0.39 is 26.6 Å². The molecule has 1 heterocycles. The molecule has 0 spiro atoms. The van der Waals surface area contributed by atoms with Crippen LogP contribution in [0.15, 0.2) is 35.5 Å². The summed E-state index contributed by atoms with van der Waals surface area (Å²) < 4.78 is 53.4. The van der Waals surface area contributed by atoms with Gasteiger partial charge in [0.15, 0.2) is 0 Å². The van der Waals surface area contributed by atoms with E-state index in [1.165, 1.54) is 17.1 Å². The van der Waals surface area contributed by atoms with Crippen LogP contribution in [0.4, 0.5) is 8.78 Å². The number of nitrogens with zero attached hydrogens (tertiary/aromatic N) is 2. The van der Waals surface area contributed by atoms with Gasteiger partial charge in [0.1, 0.15) is 16.5 Å². The Morgan fingerprint density at radius 2 is 2.10 bits per heavy atom. The van der Waals surface area contributed by atoms with Crippen molar-refractivity contribution in [2.45, 2.75) is 11.4 Å². The molecule has 0 unspecified atom stereocenters. The van der Waals surface area contributed by atoms with Gasteiger partial charge >= 0.3 is 0 Å². The summed E-state index contributed by atoms with van der Waals surface area (Å²) in [5.74, 6) is -1.98. The van der Waals surface area contributed by atoms with Crippen LogP contribution in [0, 0.1) is 11.6 Å². The van der Waals surface area contributed by atoms with Gasteiger partial charge in [0.2, 0.25) is 10.0 Å². The van der Waals surface area contributed by atoms with Crippen LogP contribution in [0.2, 0.25) is 5.02 Å². The Balaban J connectivity index is 2.04. The molecule has 20 heavy (non-hydrogen) atoms. The summed E-state index contributed by atoms with van der Waals surface area (Å²) >= 11 is 5.65. The Bertz CT molecular complexity index is 718. The molecule has 0 radical (unpaired) electrons. The summed E-state index contributed by atoms with van der Waals surface area (Å²) in [7, 11) is -4.04. The third kappa shape index (κ3) is 3.53. The maximum atomic E-state index is 13.4. The molecule has 0 aliphatic carbocycles. The Morgan fingerprint density at radius 1 is 1.35 bits per heavy atom. The van der Waals surface area contributed by atoms with E-state index >= 15 is 0 Å². The minimum atomic E-state index is -4.04. The third-order valence-electron chi connectivity index (χ3n) is 2.42. The summed E-state index contributed by atoms with van der Waals surface area (Å²) in [5.41, 5.74) is 0. The molecular formula is C11H10ClF2N3O2S. The highest BCUT2D eigenvalue weighted by molar-refractivity contribution is 7.89. The summed E-state index contributed by atoms with van der Waals surface area (Å²) in [6, 6.07) is 2.27. The molecule has 0 saturated carbocycles. The van der Waals surface area contributed by atoms with Gasteiger partial charge in [-0.3, -0.25) is 4.68 Å². The van der Waals surface area contributed by atoms with E-state index in [0.717, 1.165) is 12.1 Å². The van der Waals surface area contributed by atoms with Crippen LogP contribution in [0.3, 0.4) is 0 Å². The van der Waals surface area contributed by atoms with Gasteiger partial charge in [-0.25, -0.2) is 21.9 Å². The second kappa shape index (κ2) is 5.86. The summed E-state index contributed by atoms with van der Waals surface area (Å²) in [6.45, 7) is 0.228. The number of hydrogen-bond acceptors (Lipinski definition) is 3. The topological polar surface area (TPSA) is 64.0 Å². The van der Waals surface area contributed by atoms with E-state index in [2.05, 4.69) is 9.82 Å². The molecule has 0 aliphatic rings. The maximum absolute atomic E-state index is 13.4. The fourth-order valence-corrected chi connectivity index (χ4v) is 2.76. The molecule has 0 saturated heterocycles. The van der Waals surface area contributed by atoms with Gasteiger partial charge in [-0.2, -0.15) is 5.10 Å². The molecule has 2 rings (SSSR count). The molecule has 108 valence electrons. The normalized spacial score (nSPS) is 11.8. The standard InChI is InChI=1S/C11H10ClF2N3O2S/c12-8-6-15-17(7-8)4-3-16-20(18,19)11-2-1-9(13)5-10(11)14/h1-2,5-7,16H,3-4H2. The van der Waals surface area contributed by atoms with Gasteiger partial charge in [-0.15, -0.1) is 0 Å². The Kier molecular flexibility index (Phi) is 4.36. The highest BCUT2D eigenvalue weighted by Crippen LogP contribution is 2.15. The van der Waals surface area contributed by atoms with Crippen LogP contribution >= 0.6 is 11.6 Å². The molecule has 0 amide bonds. The van der Waals surface area contributed by atoms with Gasteiger partial charge in [0.05, 0.1) is 17.8 Å². The highest BCUT2D eigenvalue weighted by Gasteiger charge is 2.18. The van der Waals surface area contributed by atoms with Crippen molar-refractivity contribution < 1.29 is 17.2 Å². The number of halogens is 3. The molecular weight excluding hydrogens is 312 g/mol. The Labute approximate surface area is 119 Å². The molecule has 2 aromatic rings. The average Bonchev–Trinajstić information content (AvgIpc) is 2.74. The second-order valence-electron chi connectivity index (χ2n) is 3.89. The summed E-state index contributed by atoms with van der Waals surface area (Å²) in [4.78, 5) is -0.600. The lowest BCUT2D eigenvalue weighted by molar-refractivity contribution is 0.536. The monoisotopic (exact) mass is 321 g/mol. The smallest absolute Gasteiger partial charge is 0.243 e. The molecule has 0 aliphatic heterocycles. The van der Waals surface area contributed by atoms with Crippen molar-refractivity contribution in [2.24, 2.45) is 0 Å². The zero-order valence-corrected chi connectivity index (χ0v) is 11.6. The lowest BCUT2D eigenvalue weighted by atomic mass is 10.3. The van der Waals surface area contributed by atoms with Gasteiger partial charge in [-0.05, 0) is 12.1 Å². The number of rotatable bonds is 5. The quantitative estimate of drug-likeness (QED) is 0.913. The lowest BCUT2D eigenvalue weighted by Crippen LogP contribution is -2.28. The molecule has 9 heteroatoms. The fourth-order valence-electron chi connectivity index (χ4n) is 1.53. The van der Waals surface area contributed by atoms with Crippen molar-refractivity contribution in [2.75, 3.05) is 6.54 Å². The summed E-state index contributed by atoms with van der Waals surface area (Å²) in [6.07, 6.45) is 2.93. The van der Waals surface area contributed by atoms with E-state index in [1.807, 2.05) is 0 Å². The molecule has 1 aromatic carbocycles. The first-order valence-corrected chi connectivity index (χ1v) is 7.37. The van der Waals surface area contributed by atoms with Crippen molar-refractivity contribution in [1.29, 1.82) is 0 Å². The van der Waals surface area contributed by atoms with E-state index in [0.29, 0.717) is 11.1 Å². The summed E-state index contributed by atoms with van der Waals surface area (Å²) in [5, 5.41) is 4.29. The van der Waals surface area contributed by atoms with E-state index in [4.69, 9.17) is 11.6 Å². The van der Waals surface area contributed by atoms with Crippen LogP contribution in [0.25, 0.3) is 0 Å². The number of sulfonamides is 1. The minimum absolute atomic E-state index is 0.00282. The first-order valence-electron chi connectivity index (χ1n) is 5.51. The Hall–Kier alpha value is -1.51. The van der Waals surface area contributed by atoms with Crippen molar-refractivity contribution in [1.82, 2.24) is 14.5 Å². The number of nitrogens with one attached hydrogen (secondary N) is 1. The first-order chi connectivity index (χ1) is 9.38. The third-order valence-corrected chi connectivity index (χ3v) is 4.11. The van der Waals surface area contributed by atoms with Gasteiger partial charge < -0.3 is 0 Å². The average molecular weight is 322 g/mol. The number of benzene rings is 1. The Morgan fingerprint density at radius 3 is 2.70 bits per heavy atom. The largest absolute Gasteiger partial charge is 0.270 e.